The van der Waals surface area contributed by atoms with E-state index in [1.54, 1.807) is 0 Å². The summed E-state index contributed by atoms with van der Waals surface area (Å²) in [4.78, 5) is 10.1. The maximum absolute atomic E-state index is 5.03. The quantitative estimate of drug-likeness (QED) is 0.161. The van der Waals surface area contributed by atoms with E-state index in [1.165, 1.54) is 64.4 Å². The zero-order valence-electron chi connectivity index (χ0n) is 22.7. The molecular weight excluding hydrogens is 607 g/mol. The molecule has 5 heteroatoms. The van der Waals surface area contributed by atoms with Gasteiger partial charge < -0.3 is 0 Å². The third-order valence-corrected chi connectivity index (χ3v) is 6.39. The van der Waals surface area contributed by atoms with E-state index >= 15 is 0 Å². The Morgan fingerprint density at radius 2 is 1.37 bits per heavy atom. The van der Waals surface area contributed by atoms with Crippen LogP contribution < -0.4 is 0 Å². The molecule has 35 heavy (non-hydrogen) atoms. The van der Waals surface area contributed by atoms with Crippen LogP contribution in [0.15, 0.2) is 40.3 Å². The van der Waals surface area contributed by atoms with Crippen LogP contribution in [-0.2, 0) is 36.6 Å². The summed E-state index contributed by atoms with van der Waals surface area (Å²) in [6.45, 7) is 15.5. The fourth-order valence-corrected chi connectivity index (χ4v) is 4.49. The number of aliphatic imine (C=N–C) groups is 2. The first-order chi connectivity index (χ1) is 16.9. The number of nitrogens with zero attached hydrogens (tertiary/aromatic N) is 2. The minimum atomic E-state index is 0.879. The molecule has 0 aliphatic carbocycles. The summed E-state index contributed by atoms with van der Waals surface area (Å²) in [5, 5.41) is 0. The van der Waals surface area contributed by atoms with E-state index in [0.717, 1.165) is 54.9 Å². The van der Waals surface area contributed by atoms with Crippen LogP contribution in [0.5, 0.6) is 0 Å². The molecule has 0 aliphatic rings. The number of hydrogen-bond acceptors (Lipinski definition) is 2. The van der Waals surface area contributed by atoms with E-state index in [1.807, 2.05) is 0 Å². The zero-order valence-corrected chi connectivity index (χ0v) is 26.9. The van der Waals surface area contributed by atoms with Gasteiger partial charge in [0.25, 0.3) is 0 Å². The van der Waals surface area contributed by atoms with Crippen LogP contribution in [0, 0.1) is 6.92 Å². The first-order valence-electron chi connectivity index (χ1n) is 13.1. The predicted molar refractivity (Wildman–Crippen MR) is 162 cm³/mol. The Labute approximate surface area is 235 Å². The van der Waals surface area contributed by atoms with Gasteiger partial charge in [-0.15, -0.1) is 0 Å². The van der Waals surface area contributed by atoms with Gasteiger partial charge in [0.15, 0.2) is 0 Å². The molecule has 2 rings (SSSR count). The molecule has 0 heterocycles. The Bertz CT molecular complexity index is 967. The van der Waals surface area contributed by atoms with E-state index in [-0.39, 0.29) is 0 Å². The van der Waals surface area contributed by atoms with E-state index in [0.29, 0.717) is 0 Å². The molecule has 0 spiro atoms. The molecule has 0 radical (unpaired) electrons. The van der Waals surface area contributed by atoms with Crippen LogP contribution in [0.2, 0.25) is 0 Å². The Balaban J connectivity index is 0.00000194. The molecule has 0 saturated carbocycles. The van der Waals surface area contributed by atoms with Crippen LogP contribution in [0.4, 0.5) is 11.4 Å². The molecule has 0 saturated heterocycles. The van der Waals surface area contributed by atoms with Crippen LogP contribution in [0.1, 0.15) is 101 Å². The fourth-order valence-electron chi connectivity index (χ4n) is 4.49. The van der Waals surface area contributed by atoms with Crippen molar-refractivity contribution in [2.24, 2.45) is 9.98 Å². The molecule has 2 nitrogen and oxygen atoms in total. The van der Waals surface area contributed by atoms with Gasteiger partial charge in [0.1, 0.15) is 0 Å². The monoisotopic (exact) mass is 648 g/mol. The minimum absolute atomic E-state index is 0.879. The number of rotatable bonds is 12. The second-order valence-corrected chi connectivity index (χ2v) is 13.9. The van der Waals surface area contributed by atoms with Crippen LogP contribution >= 0.6 is 28.5 Å². The second-order valence-electron chi connectivity index (χ2n) is 8.92. The van der Waals surface area contributed by atoms with Gasteiger partial charge in [-0.2, -0.15) is 0 Å². The van der Waals surface area contributed by atoms with Crippen molar-refractivity contribution in [3.8, 4) is 0 Å². The van der Waals surface area contributed by atoms with Crippen molar-refractivity contribution in [1.82, 2.24) is 0 Å². The number of benzene rings is 2. The third-order valence-electron chi connectivity index (χ3n) is 6.39. The molecule has 0 aromatic heterocycles. The van der Waals surface area contributed by atoms with Crippen molar-refractivity contribution < 1.29 is 10.9 Å². The van der Waals surface area contributed by atoms with Gasteiger partial charge in [-0.25, -0.2) is 0 Å². The molecule has 0 atom stereocenters. The summed E-state index contributed by atoms with van der Waals surface area (Å²) in [5.74, 6) is 0. The fraction of sp³-hybridized carbons (Fsp3) is 0.533. The number of unbranched alkanes of at least 4 members (excludes halogenated alkanes) is 2. The van der Waals surface area contributed by atoms with Gasteiger partial charge in [0, 0.05) is 0 Å². The van der Waals surface area contributed by atoms with Crippen molar-refractivity contribution in [2.45, 2.75) is 106 Å². The molecule has 0 N–H and O–H groups in total. The Hall–Kier alpha value is -0.766. The van der Waals surface area contributed by atoms with Gasteiger partial charge in [0.05, 0.1) is 22.8 Å². The zero-order chi connectivity index (χ0) is 26.2. The van der Waals surface area contributed by atoms with Crippen molar-refractivity contribution in [3.63, 3.8) is 0 Å². The standard InChI is InChI=1S/C30H44N2.2BrH.Ni/c1-8-13-15-25-20-27(18-17-24(25)10-3)32-30(12-5)23(7)31-28-19-22(6)29(11-4)26(21-28)16-14-9-2;;;/h17-21H,8-16H2,1-7H3;2*1H;/q;;;+2/p-2. The average Bonchev–Trinajstić information content (AvgIpc) is 2.85. The predicted octanol–water partition coefficient (Wildman–Crippen LogP) is 10.8. The topological polar surface area (TPSA) is 24.7 Å². The van der Waals surface area contributed by atoms with Gasteiger partial charge in [-0.05, 0) is 111 Å². The van der Waals surface area contributed by atoms with Crippen LogP contribution in [0.3, 0.4) is 0 Å². The molecule has 2 aromatic rings. The summed E-state index contributed by atoms with van der Waals surface area (Å²) in [5.41, 5.74) is 11.4. The summed E-state index contributed by atoms with van der Waals surface area (Å²) in [7, 11) is 1.25. The number of halogens is 2. The average molecular weight is 651 g/mol. The Morgan fingerprint density at radius 3 is 1.91 bits per heavy atom. The van der Waals surface area contributed by atoms with Crippen LogP contribution in [0.25, 0.3) is 0 Å². The summed E-state index contributed by atoms with van der Waals surface area (Å²) in [6.07, 6.45) is 10.2. The maximum atomic E-state index is 5.03. The third kappa shape index (κ3) is 11.0. The molecule has 0 unspecified atom stereocenters. The molecule has 0 amide bonds. The summed E-state index contributed by atoms with van der Waals surface area (Å²) < 4.78 is 0. The van der Waals surface area contributed by atoms with Gasteiger partial charge in [0.2, 0.25) is 0 Å². The van der Waals surface area contributed by atoms with Crippen molar-refractivity contribution in [3.05, 3.63) is 58.1 Å². The van der Waals surface area contributed by atoms with Crippen molar-refractivity contribution >= 4 is 51.2 Å². The molecule has 2 aromatic carbocycles. The van der Waals surface area contributed by atoms with E-state index in [9.17, 15) is 0 Å². The van der Waals surface area contributed by atoms with E-state index < -0.39 is 0 Å². The molecule has 198 valence electrons. The van der Waals surface area contributed by atoms with E-state index in [4.69, 9.17) is 9.98 Å². The van der Waals surface area contributed by atoms with Crippen LogP contribution in [-0.4, -0.2) is 11.4 Å². The molecular formula is C30H44Br2N2Ni. The molecule has 0 aliphatic heterocycles. The SMILES string of the molecule is CCCCc1cc(N=C(CC)C(C)=Nc2cc(C)c(CC)c(CCCC)c2)ccc1CC.[Br][Ni][Br]. The van der Waals surface area contributed by atoms with Crippen molar-refractivity contribution in [2.75, 3.05) is 0 Å². The Morgan fingerprint density at radius 1 is 0.771 bits per heavy atom. The number of hydrogen-bond donors (Lipinski definition) is 0. The first kappa shape index (κ1) is 32.3. The van der Waals surface area contributed by atoms with Gasteiger partial charge in [-0.3, -0.25) is 9.98 Å². The first-order valence-corrected chi connectivity index (χ1v) is 18.0. The number of aryl methyl sites for hydroxylation is 4. The van der Waals surface area contributed by atoms with E-state index in [2.05, 4.69) is 107 Å². The van der Waals surface area contributed by atoms with Gasteiger partial charge in [-0.1, -0.05) is 53.5 Å². The second kappa shape index (κ2) is 18.5. The molecule has 0 bridgehead atoms. The molecule has 0 fully saturated rings. The Kier molecular flexibility index (Phi) is 17.0. The normalized spacial score (nSPS) is 12.0. The van der Waals surface area contributed by atoms with Gasteiger partial charge >= 0.3 is 39.3 Å². The summed E-state index contributed by atoms with van der Waals surface area (Å²) >= 11 is 6.00. The summed E-state index contributed by atoms with van der Waals surface area (Å²) in [6, 6.07) is 11.3. The van der Waals surface area contributed by atoms with Crippen molar-refractivity contribution in [1.29, 1.82) is 0 Å².